The predicted octanol–water partition coefficient (Wildman–Crippen LogP) is 2.75. The maximum absolute atomic E-state index is 2.39. The van der Waals surface area contributed by atoms with Gasteiger partial charge in [-0.05, 0) is 0 Å². The summed E-state index contributed by atoms with van der Waals surface area (Å²) in [5.41, 5.74) is 0. The summed E-state index contributed by atoms with van der Waals surface area (Å²) in [7, 11) is 3.93. The second kappa shape index (κ2) is 3.95. The Morgan fingerprint density at radius 2 is 2.00 bits per heavy atom. The van der Waals surface area contributed by atoms with Crippen LogP contribution >= 0.6 is 21.6 Å². The molecule has 1 rings (SSSR count). The van der Waals surface area contributed by atoms with Gasteiger partial charge in [-0.3, -0.25) is 6.42 Å². The molecule has 0 nitrogen and oxygen atoms in total. The van der Waals surface area contributed by atoms with Crippen molar-refractivity contribution in [3.05, 3.63) is 6.42 Å². The van der Waals surface area contributed by atoms with Crippen LogP contribution in [-0.2, 0) is 0 Å². The molecule has 1 aliphatic heterocycles. The van der Waals surface area contributed by atoms with E-state index in [0.29, 0.717) is 4.75 Å². The third kappa shape index (κ3) is 3.60. The molecule has 9 heavy (non-hydrogen) atoms. The van der Waals surface area contributed by atoms with Gasteiger partial charge in [-0.1, -0.05) is 20.8 Å². The largest absolute Gasteiger partial charge is 0.299 e. The van der Waals surface area contributed by atoms with E-state index in [9.17, 15) is 0 Å². The minimum absolute atomic E-state index is 0. The molecule has 3 heteroatoms. The molecule has 1 fully saturated rings. The summed E-state index contributed by atoms with van der Waals surface area (Å²) in [6, 6.07) is 0. The van der Waals surface area contributed by atoms with Crippen LogP contribution in [0.25, 0.3) is 0 Å². The van der Waals surface area contributed by atoms with Gasteiger partial charge in [0, 0.05) is 31.1 Å². The maximum atomic E-state index is 2.39. The average molecular weight is 385 g/mol. The Labute approximate surface area is 89.1 Å². The zero-order valence-electron chi connectivity index (χ0n) is 5.97. The topological polar surface area (TPSA) is 0 Å². The number of hydrogen-bond donors (Lipinski definition) is 0. The van der Waals surface area contributed by atoms with Crippen molar-refractivity contribution >= 4 is 21.6 Å². The van der Waals surface area contributed by atoms with Crippen LogP contribution in [-0.4, -0.2) is 10.00 Å². The van der Waals surface area contributed by atoms with Crippen molar-refractivity contribution in [2.45, 2.75) is 30.8 Å². The van der Waals surface area contributed by atoms with Gasteiger partial charge in [0.1, 0.15) is 0 Å². The molecule has 0 saturated carbocycles. The SMILES string of the molecule is C[C@H]1[CH-]C(C)(C)SS1.[U]. The molecule has 1 atom stereocenters. The van der Waals surface area contributed by atoms with Gasteiger partial charge in [-0.2, -0.15) is 0 Å². The molecular formula is C6H11S2U-. The first-order valence-corrected chi connectivity index (χ1v) is 5.02. The number of hydrogen-bond acceptors (Lipinski definition) is 2. The summed E-state index contributed by atoms with van der Waals surface area (Å²) in [6.07, 6.45) is 2.39. The van der Waals surface area contributed by atoms with Gasteiger partial charge < -0.3 is 0 Å². The van der Waals surface area contributed by atoms with E-state index in [-0.39, 0.29) is 31.1 Å². The van der Waals surface area contributed by atoms with Crippen molar-refractivity contribution in [2.24, 2.45) is 0 Å². The molecule has 0 aliphatic carbocycles. The van der Waals surface area contributed by atoms with Crippen LogP contribution in [0, 0.1) is 37.5 Å². The van der Waals surface area contributed by atoms with Crippen LogP contribution in [0.4, 0.5) is 0 Å². The van der Waals surface area contributed by atoms with E-state index in [1.54, 1.807) is 0 Å². The van der Waals surface area contributed by atoms with Crippen molar-refractivity contribution in [2.75, 3.05) is 0 Å². The van der Waals surface area contributed by atoms with Gasteiger partial charge in [0.2, 0.25) is 0 Å². The quantitative estimate of drug-likeness (QED) is 0.465. The fourth-order valence-corrected chi connectivity index (χ4v) is 3.49. The van der Waals surface area contributed by atoms with Gasteiger partial charge in [-0.15, -0.1) is 31.6 Å². The van der Waals surface area contributed by atoms with E-state index in [2.05, 4.69) is 27.2 Å². The first-order valence-electron chi connectivity index (χ1n) is 2.81. The maximum Gasteiger partial charge on any atom is 0 e. The molecule has 1 heterocycles. The van der Waals surface area contributed by atoms with Gasteiger partial charge in [0.25, 0.3) is 0 Å². The van der Waals surface area contributed by atoms with E-state index in [4.69, 9.17) is 0 Å². The molecule has 0 bridgehead atoms. The third-order valence-electron chi connectivity index (χ3n) is 1.05. The van der Waals surface area contributed by atoms with Crippen molar-refractivity contribution in [3.8, 4) is 0 Å². The van der Waals surface area contributed by atoms with Gasteiger partial charge in [0.05, 0.1) is 0 Å². The predicted molar refractivity (Wildman–Crippen MR) is 43.0 cm³/mol. The Morgan fingerprint density at radius 1 is 1.44 bits per heavy atom. The van der Waals surface area contributed by atoms with E-state index in [1.807, 2.05) is 21.6 Å². The summed E-state index contributed by atoms with van der Waals surface area (Å²) in [6.45, 7) is 6.76. The van der Waals surface area contributed by atoms with Crippen molar-refractivity contribution in [1.82, 2.24) is 0 Å². The summed E-state index contributed by atoms with van der Waals surface area (Å²) in [5.74, 6) is 0. The normalized spacial score (nSPS) is 31.7. The van der Waals surface area contributed by atoms with Crippen molar-refractivity contribution < 1.29 is 31.1 Å². The molecule has 0 unspecified atom stereocenters. The Balaban J connectivity index is 0.000000640. The van der Waals surface area contributed by atoms with Crippen LogP contribution in [0.15, 0.2) is 0 Å². The Hall–Kier alpha value is 1.75. The van der Waals surface area contributed by atoms with Crippen molar-refractivity contribution in [1.29, 1.82) is 0 Å². The van der Waals surface area contributed by atoms with E-state index in [1.165, 1.54) is 0 Å². The molecular weight excluding hydrogens is 374 g/mol. The van der Waals surface area contributed by atoms with Gasteiger partial charge >= 0.3 is 0 Å². The average Bonchev–Trinajstić information content (AvgIpc) is 1.82. The number of rotatable bonds is 0. The first kappa shape index (κ1) is 10.8. The second-order valence-electron chi connectivity index (χ2n) is 2.65. The van der Waals surface area contributed by atoms with Crippen LogP contribution in [0.5, 0.6) is 0 Å². The summed E-state index contributed by atoms with van der Waals surface area (Å²) < 4.78 is 0.421. The van der Waals surface area contributed by atoms with Crippen LogP contribution in [0.2, 0.25) is 0 Å². The first-order chi connectivity index (χ1) is 3.60. The van der Waals surface area contributed by atoms with E-state index in [0.717, 1.165) is 5.25 Å². The molecule has 0 radical (unpaired) electrons. The van der Waals surface area contributed by atoms with Gasteiger partial charge in [0.15, 0.2) is 0 Å². The monoisotopic (exact) mass is 385 g/mol. The zero-order valence-corrected chi connectivity index (χ0v) is 11.8. The smallest absolute Gasteiger partial charge is 0 e. The standard InChI is InChI=1S/C6H11S2.U/c1-5-4-6(2,3)8-7-5;/h4-5H,1-3H3;/q-1;/t5-;/m0./s1. The molecule has 1 aliphatic rings. The van der Waals surface area contributed by atoms with Gasteiger partial charge in [-0.25, -0.2) is 0 Å². The summed E-state index contributed by atoms with van der Waals surface area (Å²) in [5, 5.41) is 0.745. The molecule has 0 aromatic heterocycles. The fourth-order valence-electron chi connectivity index (χ4n) is 0.821. The van der Waals surface area contributed by atoms with Crippen LogP contribution in [0.3, 0.4) is 0 Å². The molecule has 52 valence electrons. The molecule has 0 aromatic rings. The molecule has 1 saturated heterocycles. The Bertz CT molecular complexity index is 93.1. The zero-order chi connectivity index (χ0) is 6.20. The third-order valence-corrected chi connectivity index (χ3v) is 4.64. The van der Waals surface area contributed by atoms with Crippen LogP contribution < -0.4 is 0 Å². The Morgan fingerprint density at radius 3 is 2.11 bits per heavy atom. The molecule has 0 amide bonds. The molecule has 0 spiro atoms. The summed E-state index contributed by atoms with van der Waals surface area (Å²) in [4.78, 5) is 0. The Kier molecular flexibility index (Phi) is 4.72. The van der Waals surface area contributed by atoms with Crippen molar-refractivity contribution in [3.63, 3.8) is 0 Å². The minimum atomic E-state index is 0. The molecule has 0 N–H and O–H groups in total. The molecule has 0 aromatic carbocycles. The van der Waals surface area contributed by atoms with E-state index < -0.39 is 0 Å². The minimum Gasteiger partial charge on any atom is -0.299 e. The second-order valence-corrected chi connectivity index (χ2v) is 5.89. The van der Waals surface area contributed by atoms with Crippen LogP contribution in [0.1, 0.15) is 20.8 Å². The summed E-state index contributed by atoms with van der Waals surface area (Å²) >= 11 is 0. The fraction of sp³-hybridized carbons (Fsp3) is 0.833. The van der Waals surface area contributed by atoms with E-state index >= 15 is 0 Å².